The summed E-state index contributed by atoms with van der Waals surface area (Å²) in [6.45, 7) is 0.646. The molecule has 0 aromatic carbocycles. The SMILES string of the molecule is [2H]C1COCC([2H])C1[2H]. The molecule has 1 fully saturated rings. The maximum absolute atomic E-state index is 7.23. The van der Waals surface area contributed by atoms with Crippen molar-refractivity contribution in [2.45, 2.75) is 19.2 Å². The van der Waals surface area contributed by atoms with Gasteiger partial charge < -0.3 is 4.74 Å². The second kappa shape index (κ2) is 2.19. The van der Waals surface area contributed by atoms with E-state index in [1.165, 1.54) is 0 Å². The lowest BCUT2D eigenvalue weighted by molar-refractivity contribution is 0.0968. The Labute approximate surface area is 42.5 Å². The standard InChI is InChI=1S/C5H10O/c1-2-4-6-5-3-1/h1-5H2/i1D,2D,3D. The van der Waals surface area contributed by atoms with Gasteiger partial charge in [0.25, 0.3) is 0 Å². The molecule has 0 aromatic heterocycles. The third-order valence-electron chi connectivity index (χ3n) is 0.700. The molecule has 1 aliphatic heterocycles. The predicted molar refractivity (Wildman–Crippen MR) is 24.7 cm³/mol. The molecule has 1 rings (SSSR count). The van der Waals surface area contributed by atoms with Crippen molar-refractivity contribution in [1.29, 1.82) is 0 Å². The van der Waals surface area contributed by atoms with Crippen molar-refractivity contribution in [2.24, 2.45) is 0 Å². The van der Waals surface area contributed by atoms with E-state index in [4.69, 9.17) is 8.85 Å². The second-order valence-corrected chi connectivity index (χ2v) is 1.20. The lowest BCUT2D eigenvalue weighted by Gasteiger charge is -2.08. The molecule has 0 saturated carbocycles. The van der Waals surface area contributed by atoms with E-state index in [1.807, 2.05) is 0 Å². The van der Waals surface area contributed by atoms with Crippen LogP contribution in [0.15, 0.2) is 0 Å². The zero-order valence-electron chi connectivity index (χ0n) is 6.55. The third kappa shape index (κ3) is 0.977. The van der Waals surface area contributed by atoms with E-state index < -0.39 is 19.2 Å². The fourth-order valence-corrected chi connectivity index (χ4v) is 0.411. The van der Waals surface area contributed by atoms with Gasteiger partial charge in [-0.3, -0.25) is 0 Å². The van der Waals surface area contributed by atoms with Crippen molar-refractivity contribution in [3.63, 3.8) is 0 Å². The normalized spacial score (nSPS) is 68.0. The summed E-state index contributed by atoms with van der Waals surface area (Å²) in [6.07, 6.45) is -1.60. The molecule has 36 valence electrons. The highest BCUT2D eigenvalue weighted by Crippen LogP contribution is 2.01. The van der Waals surface area contributed by atoms with Gasteiger partial charge >= 0.3 is 0 Å². The molecule has 1 aliphatic rings. The molecule has 1 heteroatoms. The van der Waals surface area contributed by atoms with Gasteiger partial charge in [0.05, 0.1) is 0 Å². The zero-order valence-corrected chi connectivity index (χ0v) is 3.55. The molecule has 0 aliphatic carbocycles. The van der Waals surface area contributed by atoms with Crippen molar-refractivity contribution < 1.29 is 8.85 Å². The molecule has 0 spiro atoms. The minimum Gasteiger partial charge on any atom is -0.381 e. The minimum absolute atomic E-state index is 0.323. The van der Waals surface area contributed by atoms with Crippen LogP contribution < -0.4 is 0 Å². The van der Waals surface area contributed by atoms with E-state index in [2.05, 4.69) is 0 Å². The molecule has 0 bridgehead atoms. The first-order valence-corrected chi connectivity index (χ1v) is 2.06. The zero-order chi connectivity index (χ0) is 6.85. The number of ether oxygens (including phenoxy) is 1. The number of hydrogen-bond acceptors (Lipinski definition) is 1. The van der Waals surface area contributed by atoms with Crippen LogP contribution in [0.2, 0.25) is 0 Å². The molecule has 1 heterocycles. The Balaban J connectivity index is 2.41. The van der Waals surface area contributed by atoms with Gasteiger partial charge in [-0.2, -0.15) is 0 Å². The molecular formula is C5H10O. The summed E-state index contributed by atoms with van der Waals surface area (Å²) in [5.41, 5.74) is 0. The van der Waals surface area contributed by atoms with Gasteiger partial charge in [-0.1, -0.05) is 0 Å². The number of rotatable bonds is 0. The quantitative estimate of drug-likeness (QED) is 0.433. The van der Waals surface area contributed by atoms with Crippen molar-refractivity contribution in [2.75, 3.05) is 13.2 Å². The molecule has 6 heavy (non-hydrogen) atoms. The van der Waals surface area contributed by atoms with Crippen LogP contribution in [0.3, 0.4) is 0 Å². The Morgan fingerprint density at radius 1 is 1.17 bits per heavy atom. The van der Waals surface area contributed by atoms with Gasteiger partial charge in [-0.25, -0.2) is 0 Å². The minimum atomic E-state index is -0.571. The van der Waals surface area contributed by atoms with E-state index in [0.717, 1.165) is 0 Å². The summed E-state index contributed by atoms with van der Waals surface area (Å²) in [7, 11) is 0. The summed E-state index contributed by atoms with van der Waals surface area (Å²) in [4.78, 5) is 0. The molecule has 1 saturated heterocycles. The molecule has 0 radical (unpaired) electrons. The second-order valence-electron chi connectivity index (χ2n) is 1.20. The Morgan fingerprint density at radius 3 is 2.33 bits per heavy atom. The lowest BCUT2D eigenvalue weighted by atomic mass is 10.2. The summed E-state index contributed by atoms with van der Waals surface area (Å²) in [6, 6.07) is 0. The smallest absolute Gasteiger partial charge is 0.0466 e. The van der Waals surface area contributed by atoms with Gasteiger partial charge in [0.1, 0.15) is 0 Å². The highest BCUT2D eigenvalue weighted by Gasteiger charge is 1.94. The topological polar surface area (TPSA) is 9.23 Å². The third-order valence-corrected chi connectivity index (χ3v) is 0.700. The molecule has 2 atom stereocenters. The van der Waals surface area contributed by atoms with E-state index in [-0.39, 0.29) is 0 Å². The van der Waals surface area contributed by atoms with E-state index >= 15 is 0 Å². The first-order valence-electron chi connectivity index (χ1n) is 3.79. The summed E-state index contributed by atoms with van der Waals surface area (Å²) in [5, 5.41) is 0. The van der Waals surface area contributed by atoms with Crippen LogP contribution >= 0.6 is 0 Å². The van der Waals surface area contributed by atoms with Gasteiger partial charge in [0, 0.05) is 17.3 Å². The first-order chi connectivity index (χ1) is 4.22. The van der Waals surface area contributed by atoms with Crippen LogP contribution in [0.1, 0.15) is 23.3 Å². The van der Waals surface area contributed by atoms with Crippen LogP contribution in [0.25, 0.3) is 0 Å². The Bertz CT molecular complexity index is 88.2. The number of hydrogen-bond donors (Lipinski definition) is 0. The summed E-state index contributed by atoms with van der Waals surface area (Å²) < 4.78 is 26.5. The van der Waals surface area contributed by atoms with Crippen LogP contribution in [0.4, 0.5) is 0 Å². The van der Waals surface area contributed by atoms with Crippen molar-refractivity contribution >= 4 is 0 Å². The highest BCUT2D eigenvalue weighted by atomic mass is 16.5. The fourth-order valence-electron chi connectivity index (χ4n) is 0.411. The van der Waals surface area contributed by atoms with Crippen molar-refractivity contribution in [3.05, 3.63) is 0 Å². The van der Waals surface area contributed by atoms with E-state index in [1.54, 1.807) is 0 Å². The van der Waals surface area contributed by atoms with E-state index in [0.29, 0.717) is 13.2 Å². The molecule has 1 nitrogen and oxygen atoms in total. The van der Waals surface area contributed by atoms with Gasteiger partial charge in [-0.05, 0) is 19.2 Å². The average molecular weight is 89.2 g/mol. The molecule has 0 aromatic rings. The summed E-state index contributed by atoms with van der Waals surface area (Å²) in [5.74, 6) is 0. The molecule has 0 N–H and O–H groups in total. The van der Waals surface area contributed by atoms with Crippen LogP contribution in [-0.4, -0.2) is 13.2 Å². The Hall–Kier alpha value is -0.0400. The van der Waals surface area contributed by atoms with Gasteiger partial charge in [0.2, 0.25) is 0 Å². The molecular weight excluding hydrogens is 76.1 g/mol. The Kier molecular flexibility index (Phi) is 0.667. The maximum Gasteiger partial charge on any atom is 0.0466 e. The summed E-state index contributed by atoms with van der Waals surface area (Å²) >= 11 is 0. The van der Waals surface area contributed by atoms with Crippen molar-refractivity contribution in [1.82, 2.24) is 0 Å². The average Bonchev–Trinajstić information content (AvgIpc) is 1.83. The fraction of sp³-hybridized carbons (Fsp3) is 1.00. The lowest BCUT2D eigenvalue weighted by Crippen LogP contribution is -2.03. The van der Waals surface area contributed by atoms with Gasteiger partial charge in [-0.15, -0.1) is 0 Å². The van der Waals surface area contributed by atoms with Crippen molar-refractivity contribution in [3.8, 4) is 0 Å². The van der Waals surface area contributed by atoms with Crippen LogP contribution in [0, 0.1) is 0 Å². The first kappa shape index (κ1) is 1.83. The highest BCUT2D eigenvalue weighted by molar-refractivity contribution is 4.45. The predicted octanol–water partition coefficient (Wildman–Crippen LogP) is 1.19. The monoisotopic (exact) mass is 89.1 g/mol. The largest absolute Gasteiger partial charge is 0.381 e. The molecule has 2 unspecified atom stereocenters. The van der Waals surface area contributed by atoms with E-state index in [9.17, 15) is 0 Å². The van der Waals surface area contributed by atoms with Crippen LogP contribution in [-0.2, 0) is 4.74 Å². The van der Waals surface area contributed by atoms with Gasteiger partial charge in [0.15, 0.2) is 0 Å². The molecule has 0 amide bonds. The van der Waals surface area contributed by atoms with Crippen LogP contribution in [0.5, 0.6) is 0 Å². The maximum atomic E-state index is 7.23. The Morgan fingerprint density at radius 2 is 1.83 bits per heavy atom.